The van der Waals surface area contributed by atoms with Crippen LogP contribution >= 0.6 is 0 Å². The molecule has 0 aliphatic carbocycles. The lowest BCUT2D eigenvalue weighted by molar-refractivity contribution is 0.669. The summed E-state index contributed by atoms with van der Waals surface area (Å²) < 4.78 is 13.5. The number of para-hydroxylation sites is 4. The molecule has 8 aromatic carbocycles. The second kappa shape index (κ2) is 11.0. The molecule has 3 nitrogen and oxygen atoms in total. The minimum atomic E-state index is 0.846. The molecule has 0 saturated carbocycles. The van der Waals surface area contributed by atoms with Crippen molar-refractivity contribution in [2.24, 2.45) is 0 Å². The zero-order valence-corrected chi connectivity index (χ0v) is 26.5. The number of furan rings is 2. The molecule has 3 heteroatoms. The van der Waals surface area contributed by atoms with Crippen molar-refractivity contribution in [2.75, 3.05) is 4.90 Å². The highest BCUT2D eigenvalue weighted by Crippen LogP contribution is 2.47. The molecule has 49 heavy (non-hydrogen) atoms. The lowest BCUT2D eigenvalue weighted by Gasteiger charge is -2.28. The fourth-order valence-corrected chi connectivity index (χ4v) is 7.38. The van der Waals surface area contributed by atoms with Crippen molar-refractivity contribution in [1.29, 1.82) is 0 Å². The van der Waals surface area contributed by atoms with Crippen LogP contribution in [0.2, 0.25) is 0 Å². The van der Waals surface area contributed by atoms with Crippen LogP contribution in [-0.4, -0.2) is 0 Å². The van der Waals surface area contributed by atoms with E-state index in [9.17, 15) is 0 Å². The standard InChI is InChI=1S/C46H29NO2/c1-2-12-30(13-3-1)31-24-27-33(28-25-31)47(42-22-11-20-38-36-17-7-9-23-43(36)48-46(38)42)41-21-8-6-16-35(41)37-18-10-19-39-40-29-26-32-14-4-5-15-34(32)44(40)49-45(37)39/h1-29H. The van der Waals surface area contributed by atoms with E-state index in [1.807, 2.05) is 12.1 Å². The number of hydrogen-bond donors (Lipinski definition) is 0. The fraction of sp³-hybridized carbons (Fsp3) is 0. The van der Waals surface area contributed by atoms with Crippen molar-refractivity contribution in [3.63, 3.8) is 0 Å². The third-order valence-electron chi connectivity index (χ3n) is 9.68. The first-order chi connectivity index (χ1) is 24.3. The molecule has 0 fully saturated rings. The predicted octanol–water partition coefficient (Wildman–Crippen LogP) is 13.4. The Morgan fingerprint density at radius 2 is 0.939 bits per heavy atom. The van der Waals surface area contributed by atoms with E-state index in [2.05, 4.69) is 169 Å². The Labute approximate surface area is 282 Å². The van der Waals surface area contributed by atoms with Crippen molar-refractivity contribution in [2.45, 2.75) is 0 Å². The molecule has 2 aromatic heterocycles. The summed E-state index contributed by atoms with van der Waals surface area (Å²) in [6.07, 6.45) is 0. The summed E-state index contributed by atoms with van der Waals surface area (Å²) >= 11 is 0. The molecular weight excluding hydrogens is 599 g/mol. The Bertz CT molecular complexity index is 2830. The molecule has 0 atom stereocenters. The third-order valence-corrected chi connectivity index (χ3v) is 9.68. The Balaban J connectivity index is 1.23. The summed E-state index contributed by atoms with van der Waals surface area (Å²) in [5.41, 5.74) is 11.0. The second-order valence-electron chi connectivity index (χ2n) is 12.5. The van der Waals surface area contributed by atoms with Crippen molar-refractivity contribution in [3.8, 4) is 22.3 Å². The Morgan fingerprint density at radius 1 is 0.327 bits per heavy atom. The molecule has 2 heterocycles. The lowest BCUT2D eigenvalue weighted by Crippen LogP contribution is -2.11. The maximum Gasteiger partial charge on any atom is 0.159 e. The summed E-state index contributed by atoms with van der Waals surface area (Å²) in [6.45, 7) is 0. The molecule has 0 bridgehead atoms. The number of nitrogens with zero attached hydrogens (tertiary/aromatic N) is 1. The number of hydrogen-bond acceptors (Lipinski definition) is 3. The van der Waals surface area contributed by atoms with Crippen LogP contribution in [0.1, 0.15) is 0 Å². The van der Waals surface area contributed by atoms with E-state index in [0.717, 1.165) is 77.5 Å². The average molecular weight is 628 g/mol. The van der Waals surface area contributed by atoms with Gasteiger partial charge in [0, 0.05) is 43.7 Å². The van der Waals surface area contributed by atoms with Gasteiger partial charge in [0.1, 0.15) is 16.7 Å². The Kier molecular flexibility index (Phi) is 6.18. The first-order valence-corrected chi connectivity index (χ1v) is 16.6. The topological polar surface area (TPSA) is 29.5 Å². The lowest BCUT2D eigenvalue weighted by atomic mass is 9.98. The summed E-state index contributed by atoms with van der Waals surface area (Å²) in [4.78, 5) is 2.33. The van der Waals surface area contributed by atoms with E-state index < -0.39 is 0 Å². The highest BCUT2D eigenvalue weighted by Gasteiger charge is 2.23. The molecule has 0 aliphatic rings. The van der Waals surface area contributed by atoms with Gasteiger partial charge in [-0.1, -0.05) is 140 Å². The number of anilines is 3. The minimum Gasteiger partial charge on any atom is -0.455 e. The van der Waals surface area contributed by atoms with E-state index in [1.54, 1.807) is 0 Å². The highest BCUT2D eigenvalue weighted by atomic mass is 16.3. The smallest absolute Gasteiger partial charge is 0.159 e. The van der Waals surface area contributed by atoms with E-state index in [4.69, 9.17) is 8.83 Å². The average Bonchev–Trinajstić information content (AvgIpc) is 3.75. The van der Waals surface area contributed by atoms with Gasteiger partial charge in [-0.15, -0.1) is 0 Å². The molecule has 10 aromatic rings. The van der Waals surface area contributed by atoms with Gasteiger partial charge in [-0.3, -0.25) is 0 Å². The first-order valence-electron chi connectivity index (χ1n) is 16.6. The largest absolute Gasteiger partial charge is 0.455 e. The molecule has 10 rings (SSSR count). The molecule has 0 spiro atoms. The Hall–Kier alpha value is -6.58. The maximum absolute atomic E-state index is 6.84. The second-order valence-corrected chi connectivity index (χ2v) is 12.5. The molecule has 0 aliphatic heterocycles. The molecule has 230 valence electrons. The van der Waals surface area contributed by atoms with Crippen LogP contribution in [0.25, 0.3) is 76.9 Å². The summed E-state index contributed by atoms with van der Waals surface area (Å²) in [7, 11) is 0. The first kappa shape index (κ1) is 27.5. The van der Waals surface area contributed by atoms with Crippen molar-refractivity contribution >= 4 is 71.7 Å². The fourth-order valence-electron chi connectivity index (χ4n) is 7.38. The van der Waals surface area contributed by atoms with Gasteiger partial charge >= 0.3 is 0 Å². The summed E-state index contributed by atoms with van der Waals surface area (Å²) in [6, 6.07) is 61.8. The van der Waals surface area contributed by atoms with E-state index in [0.29, 0.717) is 0 Å². The zero-order chi connectivity index (χ0) is 32.3. The zero-order valence-electron chi connectivity index (χ0n) is 26.5. The quantitative estimate of drug-likeness (QED) is 0.190. The SMILES string of the molecule is c1ccc(-c2ccc(N(c3ccccc3-c3cccc4c3oc3c5ccccc5ccc43)c3cccc4c3oc3ccccc34)cc2)cc1. The van der Waals surface area contributed by atoms with Crippen LogP contribution in [0.15, 0.2) is 185 Å². The molecule has 0 amide bonds. The number of rotatable bonds is 5. The van der Waals surface area contributed by atoms with Gasteiger partial charge in [0.05, 0.1) is 11.4 Å². The summed E-state index contributed by atoms with van der Waals surface area (Å²) in [5, 5.41) is 6.70. The normalized spacial score (nSPS) is 11.7. The summed E-state index contributed by atoms with van der Waals surface area (Å²) in [5.74, 6) is 0. The van der Waals surface area contributed by atoms with Crippen LogP contribution in [0.4, 0.5) is 17.1 Å². The maximum atomic E-state index is 6.84. The van der Waals surface area contributed by atoms with Gasteiger partial charge < -0.3 is 13.7 Å². The number of fused-ring (bicyclic) bond motifs is 8. The van der Waals surface area contributed by atoms with Gasteiger partial charge in [-0.05, 0) is 52.9 Å². The Morgan fingerprint density at radius 3 is 1.82 bits per heavy atom. The highest BCUT2D eigenvalue weighted by molar-refractivity contribution is 6.18. The van der Waals surface area contributed by atoms with Crippen LogP contribution in [0, 0.1) is 0 Å². The van der Waals surface area contributed by atoms with Gasteiger partial charge in [0.15, 0.2) is 5.58 Å². The monoisotopic (exact) mass is 627 g/mol. The molecule has 0 unspecified atom stereocenters. The van der Waals surface area contributed by atoms with Gasteiger partial charge in [-0.2, -0.15) is 0 Å². The minimum absolute atomic E-state index is 0.846. The third kappa shape index (κ3) is 4.37. The van der Waals surface area contributed by atoms with Crippen LogP contribution in [-0.2, 0) is 0 Å². The molecule has 0 N–H and O–H groups in total. The van der Waals surface area contributed by atoms with Crippen molar-refractivity contribution < 1.29 is 8.83 Å². The van der Waals surface area contributed by atoms with E-state index in [-0.39, 0.29) is 0 Å². The van der Waals surface area contributed by atoms with Gasteiger partial charge in [-0.25, -0.2) is 0 Å². The van der Waals surface area contributed by atoms with Crippen LogP contribution in [0.3, 0.4) is 0 Å². The number of benzene rings is 8. The van der Waals surface area contributed by atoms with Gasteiger partial charge in [0.2, 0.25) is 0 Å². The van der Waals surface area contributed by atoms with Crippen molar-refractivity contribution in [1.82, 2.24) is 0 Å². The van der Waals surface area contributed by atoms with E-state index in [1.165, 1.54) is 16.5 Å². The van der Waals surface area contributed by atoms with Crippen LogP contribution < -0.4 is 4.90 Å². The molecule has 0 saturated heterocycles. The molecule has 0 radical (unpaired) electrons. The van der Waals surface area contributed by atoms with E-state index >= 15 is 0 Å². The van der Waals surface area contributed by atoms with Crippen molar-refractivity contribution in [3.05, 3.63) is 176 Å². The van der Waals surface area contributed by atoms with Crippen LogP contribution in [0.5, 0.6) is 0 Å². The molecular formula is C46H29NO2. The predicted molar refractivity (Wildman–Crippen MR) is 204 cm³/mol. The van der Waals surface area contributed by atoms with Gasteiger partial charge in [0.25, 0.3) is 0 Å².